The summed E-state index contributed by atoms with van der Waals surface area (Å²) in [5.41, 5.74) is 1.55. The lowest BCUT2D eigenvalue weighted by molar-refractivity contribution is -0.0539. The van der Waals surface area contributed by atoms with Crippen LogP contribution < -0.4 is 0 Å². The zero-order valence-corrected chi connectivity index (χ0v) is 12.2. The molecule has 1 aliphatic rings. The second-order valence-electron chi connectivity index (χ2n) is 5.35. The smallest absolute Gasteiger partial charge is 0.340 e. The highest BCUT2D eigenvalue weighted by atomic mass is 16.6. The number of nitrogens with zero attached hydrogens (tertiary/aromatic N) is 2. The predicted molar refractivity (Wildman–Crippen MR) is 75.0 cm³/mol. The van der Waals surface area contributed by atoms with Crippen LogP contribution in [-0.2, 0) is 9.47 Å². The van der Waals surface area contributed by atoms with Crippen molar-refractivity contribution in [3.8, 4) is 0 Å². The monoisotopic (exact) mass is 290 g/mol. The minimum absolute atomic E-state index is 0.0169. The molecule has 0 aliphatic heterocycles. The fraction of sp³-hybridized carbons (Fsp3) is 0.533. The van der Waals surface area contributed by atoms with Crippen LogP contribution in [0.2, 0.25) is 0 Å². The average Bonchev–Trinajstić information content (AvgIpc) is 2.88. The molecule has 1 aliphatic carbocycles. The molecular weight excluding hydrogens is 272 g/mol. The van der Waals surface area contributed by atoms with Gasteiger partial charge in [-0.15, -0.1) is 0 Å². The van der Waals surface area contributed by atoms with Crippen LogP contribution >= 0.6 is 0 Å². The highest BCUT2D eigenvalue weighted by molar-refractivity contribution is 5.93. The number of aryl methyl sites for hydroxylation is 1. The van der Waals surface area contributed by atoms with Crippen molar-refractivity contribution in [1.29, 1.82) is 0 Å². The molecule has 21 heavy (non-hydrogen) atoms. The number of esters is 1. The molecule has 1 saturated carbocycles. The van der Waals surface area contributed by atoms with Gasteiger partial charge in [-0.1, -0.05) is 11.6 Å². The Kier molecular flexibility index (Phi) is 3.88. The Morgan fingerprint density at radius 1 is 1.33 bits per heavy atom. The van der Waals surface area contributed by atoms with Crippen LogP contribution in [0.25, 0.3) is 11.1 Å². The highest BCUT2D eigenvalue weighted by Gasteiger charge is 2.28. The van der Waals surface area contributed by atoms with Crippen molar-refractivity contribution >= 4 is 17.1 Å². The van der Waals surface area contributed by atoms with Crippen LogP contribution in [0.15, 0.2) is 16.8 Å². The van der Waals surface area contributed by atoms with Gasteiger partial charge in [-0.25, -0.2) is 9.78 Å². The van der Waals surface area contributed by atoms with Crippen molar-refractivity contribution in [1.82, 2.24) is 10.1 Å². The van der Waals surface area contributed by atoms with Crippen molar-refractivity contribution in [2.24, 2.45) is 0 Å². The third-order valence-electron chi connectivity index (χ3n) is 3.95. The topological polar surface area (TPSA) is 74.5 Å². The fourth-order valence-corrected chi connectivity index (χ4v) is 2.73. The number of hydrogen-bond donors (Lipinski definition) is 0. The average molecular weight is 290 g/mol. The molecule has 0 radical (unpaired) electrons. The standard InChI is InChI=1S/C15H18N2O4/c1-9-11-7-10(8-16-14(11)21-17-9)15(18)20-13-6-4-3-5-12(13)19-2/h7-8,12-13H,3-6H2,1-2H3/t12-,13+/m0/s1. The maximum atomic E-state index is 12.3. The Balaban J connectivity index is 1.78. The summed E-state index contributed by atoms with van der Waals surface area (Å²) in [5, 5.41) is 4.56. The van der Waals surface area contributed by atoms with Gasteiger partial charge in [0.2, 0.25) is 0 Å². The summed E-state index contributed by atoms with van der Waals surface area (Å²) < 4.78 is 16.0. The summed E-state index contributed by atoms with van der Waals surface area (Å²) >= 11 is 0. The van der Waals surface area contributed by atoms with Crippen LogP contribution in [0.5, 0.6) is 0 Å². The van der Waals surface area contributed by atoms with Crippen LogP contribution in [-0.4, -0.2) is 35.4 Å². The molecule has 0 amide bonds. The number of carbonyl (C=O) groups excluding carboxylic acids is 1. The second-order valence-corrected chi connectivity index (χ2v) is 5.35. The van der Waals surface area contributed by atoms with Gasteiger partial charge in [0, 0.05) is 13.3 Å². The van der Waals surface area contributed by atoms with Crippen molar-refractivity contribution < 1.29 is 18.8 Å². The number of ether oxygens (including phenoxy) is 2. The van der Waals surface area contributed by atoms with Gasteiger partial charge in [0.1, 0.15) is 6.10 Å². The number of rotatable bonds is 3. The minimum atomic E-state index is -0.376. The molecule has 3 rings (SSSR count). The van der Waals surface area contributed by atoms with Crippen molar-refractivity contribution in [3.63, 3.8) is 0 Å². The van der Waals surface area contributed by atoms with Crippen molar-refractivity contribution in [2.45, 2.75) is 44.8 Å². The molecule has 112 valence electrons. The van der Waals surface area contributed by atoms with E-state index in [1.807, 2.05) is 6.92 Å². The molecule has 0 spiro atoms. The summed E-state index contributed by atoms with van der Waals surface area (Å²) in [6.45, 7) is 1.81. The van der Waals surface area contributed by atoms with E-state index in [2.05, 4.69) is 10.1 Å². The molecule has 0 saturated heterocycles. The van der Waals surface area contributed by atoms with Gasteiger partial charge < -0.3 is 14.0 Å². The molecule has 2 aromatic heterocycles. The van der Waals surface area contributed by atoms with Crippen LogP contribution in [0.1, 0.15) is 41.7 Å². The number of methoxy groups -OCH3 is 1. The van der Waals surface area contributed by atoms with Crippen LogP contribution in [0.4, 0.5) is 0 Å². The SMILES string of the molecule is CO[C@H]1CCCC[C@H]1OC(=O)c1cnc2onc(C)c2c1. The second kappa shape index (κ2) is 5.81. The quantitative estimate of drug-likeness (QED) is 0.809. The first-order chi connectivity index (χ1) is 10.2. The highest BCUT2D eigenvalue weighted by Crippen LogP contribution is 2.25. The molecular formula is C15H18N2O4. The zero-order valence-electron chi connectivity index (χ0n) is 12.2. The summed E-state index contributed by atoms with van der Waals surface area (Å²) in [7, 11) is 1.66. The van der Waals surface area contributed by atoms with E-state index in [1.165, 1.54) is 6.20 Å². The molecule has 0 unspecified atom stereocenters. The summed E-state index contributed by atoms with van der Waals surface area (Å²) in [6, 6.07) is 1.71. The van der Waals surface area contributed by atoms with Gasteiger partial charge in [-0.3, -0.25) is 0 Å². The lowest BCUT2D eigenvalue weighted by Crippen LogP contribution is -2.35. The number of fused-ring (bicyclic) bond motifs is 1. The first-order valence-corrected chi connectivity index (χ1v) is 7.15. The maximum Gasteiger partial charge on any atom is 0.340 e. The predicted octanol–water partition coefficient (Wildman–Crippen LogP) is 2.65. The third kappa shape index (κ3) is 2.76. The minimum Gasteiger partial charge on any atom is -0.456 e. The van der Waals surface area contributed by atoms with Crippen LogP contribution in [0.3, 0.4) is 0 Å². The Labute approximate surface area is 122 Å². The van der Waals surface area contributed by atoms with E-state index in [-0.39, 0.29) is 18.2 Å². The van der Waals surface area contributed by atoms with Gasteiger partial charge in [0.15, 0.2) is 0 Å². The summed E-state index contributed by atoms with van der Waals surface area (Å²) in [6.07, 6.45) is 5.19. The number of carbonyl (C=O) groups is 1. The number of hydrogen-bond acceptors (Lipinski definition) is 6. The molecule has 0 N–H and O–H groups in total. The lowest BCUT2D eigenvalue weighted by atomic mass is 9.94. The van der Waals surface area contributed by atoms with Crippen LogP contribution in [0, 0.1) is 6.92 Å². The van der Waals surface area contributed by atoms with Gasteiger partial charge in [-0.2, -0.15) is 0 Å². The summed E-state index contributed by atoms with van der Waals surface area (Å²) in [5.74, 6) is -0.376. The molecule has 0 bridgehead atoms. The first kappa shape index (κ1) is 14.0. The molecule has 2 atom stereocenters. The Hall–Kier alpha value is -1.95. The molecule has 6 heteroatoms. The third-order valence-corrected chi connectivity index (χ3v) is 3.95. The van der Waals surface area contributed by atoms with Gasteiger partial charge in [0.05, 0.1) is 22.7 Å². The molecule has 2 heterocycles. The number of aromatic nitrogens is 2. The molecule has 2 aromatic rings. The van der Waals surface area contributed by atoms with Gasteiger partial charge in [-0.05, 0) is 32.3 Å². The van der Waals surface area contributed by atoms with Gasteiger partial charge >= 0.3 is 5.97 Å². The van der Waals surface area contributed by atoms with E-state index in [0.717, 1.165) is 31.1 Å². The Morgan fingerprint density at radius 3 is 2.86 bits per heavy atom. The van der Waals surface area contributed by atoms with E-state index in [4.69, 9.17) is 14.0 Å². The van der Waals surface area contributed by atoms with E-state index >= 15 is 0 Å². The van der Waals surface area contributed by atoms with E-state index < -0.39 is 0 Å². The lowest BCUT2D eigenvalue weighted by Gasteiger charge is -2.29. The van der Waals surface area contributed by atoms with Gasteiger partial charge in [0.25, 0.3) is 5.71 Å². The largest absolute Gasteiger partial charge is 0.456 e. The first-order valence-electron chi connectivity index (χ1n) is 7.15. The molecule has 0 aromatic carbocycles. The fourth-order valence-electron chi connectivity index (χ4n) is 2.73. The molecule has 1 fully saturated rings. The Bertz CT molecular complexity index is 652. The van der Waals surface area contributed by atoms with E-state index in [1.54, 1.807) is 13.2 Å². The van der Waals surface area contributed by atoms with Crippen molar-refractivity contribution in [3.05, 3.63) is 23.5 Å². The van der Waals surface area contributed by atoms with E-state index in [9.17, 15) is 4.79 Å². The number of pyridine rings is 1. The Morgan fingerprint density at radius 2 is 2.10 bits per heavy atom. The molecule has 6 nitrogen and oxygen atoms in total. The normalized spacial score (nSPS) is 22.4. The summed E-state index contributed by atoms with van der Waals surface area (Å²) in [4.78, 5) is 16.4. The maximum absolute atomic E-state index is 12.3. The van der Waals surface area contributed by atoms with E-state index in [0.29, 0.717) is 17.0 Å². The zero-order chi connectivity index (χ0) is 14.8. The van der Waals surface area contributed by atoms with Crippen molar-refractivity contribution in [2.75, 3.05) is 7.11 Å².